The van der Waals surface area contributed by atoms with Crippen molar-refractivity contribution in [1.82, 2.24) is 20.5 Å². The number of rotatable bonds is 10. The molecule has 3 amide bonds. The highest BCUT2D eigenvalue weighted by atomic mass is 32.1. The molecule has 190 valence electrons. The molecule has 1 saturated heterocycles. The van der Waals surface area contributed by atoms with E-state index >= 15 is 0 Å². The van der Waals surface area contributed by atoms with E-state index in [0.29, 0.717) is 29.7 Å². The number of hydrogen-bond donors (Lipinski definition) is 4. The summed E-state index contributed by atoms with van der Waals surface area (Å²) in [5, 5.41) is 12.5. The van der Waals surface area contributed by atoms with Crippen LogP contribution in [0.3, 0.4) is 0 Å². The molecule has 1 aromatic carbocycles. The van der Waals surface area contributed by atoms with Gasteiger partial charge >= 0.3 is 6.03 Å². The van der Waals surface area contributed by atoms with Crippen LogP contribution in [0.1, 0.15) is 53.8 Å². The van der Waals surface area contributed by atoms with E-state index in [0.717, 1.165) is 44.3 Å². The summed E-state index contributed by atoms with van der Waals surface area (Å²) in [6, 6.07) is 13.6. The van der Waals surface area contributed by atoms with Crippen LogP contribution in [0.4, 0.5) is 16.2 Å². The van der Waals surface area contributed by atoms with E-state index in [9.17, 15) is 9.59 Å². The Kier molecular flexibility index (Phi) is 8.91. The first-order valence-electron chi connectivity index (χ1n) is 12.4. The Balaban J connectivity index is 1.41. The molecule has 3 aromatic rings. The van der Waals surface area contributed by atoms with Crippen molar-refractivity contribution in [2.45, 2.75) is 44.7 Å². The van der Waals surface area contributed by atoms with Crippen molar-refractivity contribution in [1.29, 1.82) is 0 Å². The number of nitrogens with one attached hydrogen (secondary N) is 3. The number of carbonyl (C=O) groups excluding carboxylic acids is 2. The number of thiophene rings is 1. The van der Waals surface area contributed by atoms with E-state index < -0.39 is 0 Å². The summed E-state index contributed by atoms with van der Waals surface area (Å²) < 4.78 is 0. The lowest BCUT2D eigenvalue weighted by Gasteiger charge is -2.28. The molecular formula is C27H34N6O2S. The van der Waals surface area contributed by atoms with Gasteiger partial charge in [0.05, 0.1) is 17.4 Å². The Morgan fingerprint density at radius 1 is 1.19 bits per heavy atom. The summed E-state index contributed by atoms with van der Waals surface area (Å²) in [5.41, 5.74) is 9.35. The largest absolute Gasteiger partial charge is 0.396 e. The summed E-state index contributed by atoms with van der Waals surface area (Å²) in [6.45, 7) is 4.80. The van der Waals surface area contributed by atoms with Crippen molar-refractivity contribution in [3.05, 3.63) is 76.2 Å². The van der Waals surface area contributed by atoms with Gasteiger partial charge in [0.2, 0.25) is 0 Å². The van der Waals surface area contributed by atoms with Gasteiger partial charge in [-0.2, -0.15) is 0 Å². The van der Waals surface area contributed by atoms with Crippen molar-refractivity contribution in [2.75, 3.05) is 30.7 Å². The fourth-order valence-electron chi connectivity index (χ4n) is 4.64. The monoisotopic (exact) mass is 506 g/mol. The van der Waals surface area contributed by atoms with Crippen LogP contribution in [0, 0.1) is 0 Å². The van der Waals surface area contributed by atoms with E-state index in [4.69, 9.17) is 5.73 Å². The third-order valence-corrected chi connectivity index (χ3v) is 7.38. The lowest BCUT2D eigenvalue weighted by atomic mass is 9.99. The lowest BCUT2D eigenvalue weighted by Crippen LogP contribution is -2.41. The summed E-state index contributed by atoms with van der Waals surface area (Å²) >= 11 is 1.43. The Bertz CT molecular complexity index is 1130. The molecule has 0 bridgehead atoms. The highest BCUT2D eigenvalue weighted by Gasteiger charge is 2.28. The van der Waals surface area contributed by atoms with Gasteiger partial charge in [0.1, 0.15) is 5.69 Å². The van der Waals surface area contributed by atoms with E-state index in [1.54, 1.807) is 23.0 Å². The van der Waals surface area contributed by atoms with E-state index in [1.807, 2.05) is 24.3 Å². The number of urea groups is 1. The Labute approximate surface area is 216 Å². The van der Waals surface area contributed by atoms with Gasteiger partial charge in [-0.1, -0.05) is 43.3 Å². The Morgan fingerprint density at radius 3 is 2.72 bits per heavy atom. The number of benzene rings is 1. The number of likely N-dealkylation sites (tertiary alicyclic amines) is 1. The van der Waals surface area contributed by atoms with Gasteiger partial charge in [0.25, 0.3) is 5.91 Å². The number of nitrogen functional groups attached to an aromatic ring is 1. The molecule has 5 N–H and O–H groups in total. The molecular weight excluding hydrogens is 472 g/mol. The Morgan fingerprint density at radius 2 is 2.03 bits per heavy atom. The standard InChI is InChI=1S/C27H34N6O2S/c1-2-33-14-6-9-21(33)15-24(32-27(35)29-13-12-19-7-4-3-5-8-19)20-10-11-23(30-16-20)26(34)31-25-18-36-17-22(25)28/h3-5,7-8,10-11,16-18,21,24H,2,6,9,12-15,28H2,1H3,(H,31,34)(H2,29,32,35). The maximum Gasteiger partial charge on any atom is 0.315 e. The fourth-order valence-corrected chi connectivity index (χ4v) is 5.32. The molecule has 3 heterocycles. The average molecular weight is 507 g/mol. The van der Waals surface area contributed by atoms with Gasteiger partial charge in [0.15, 0.2) is 0 Å². The predicted molar refractivity (Wildman–Crippen MR) is 145 cm³/mol. The summed E-state index contributed by atoms with van der Waals surface area (Å²) in [4.78, 5) is 32.3. The minimum atomic E-state index is -0.317. The molecule has 2 atom stereocenters. The van der Waals surface area contributed by atoms with Crippen LogP contribution in [0.25, 0.3) is 0 Å². The van der Waals surface area contributed by atoms with Gasteiger partial charge < -0.3 is 26.6 Å². The fraction of sp³-hybridized carbons (Fsp3) is 0.370. The number of amides is 3. The van der Waals surface area contributed by atoms with Crippen molar-refractivity contribution in [3.63, 3.8) is 0 Å². The molecule has 1 fully saturated rings. The van der Waals surface area contributed by atoms with Gasteiger partial charge in [-0.3, -0.25) is 9.78 Å². The third-order valence-electron chi connectivity index (χ3n) is 6.62. The van der Waals surface area contributed by atoms with Gasteiger partial charge in [-0.25, -0.2) is 4.79 Å². The SMILES string of the molecule is CCN1CCCC1CC(NC(=O)NCCc1ccccc1)c1ccc(C(=O)Nc2cscc2N)nc1. The highest BCUT2D eigenvalue weighted by Crippen LogP contribution is 2.28. The van der Waals surface area contributed by atoms with Crippen molar-refractivity contribution in [3.8, 4) is 0 Å². The minimum absolute atomic E-state index is 0.202. The smallest absolute Gasteiger partial charge is 0.315 e. The maximum absolute atomic E-state index is 12.8. The van der Waals surface area contributed by atoms with Gasteiger partial charge in [0, 0.05) is 29.5 Å². The molecule has 36 heavy (non-hydrogen) atoms. The Hall–Kier alpha value is -3.43. The van der Waals surface area contributed by atoms with Crippen LogP contribution in [-0.2, 0) is 6.42 Å². The van der Waals surface area contributed by atoms with Crippen molar-refractivity contribution < 1.29 is 9.59 Å². The molecule has 8 nitrogen and oxygen atoms in total. The number of nitrogens with zero attached hydrogens (tertiary/aromatic N) is 2. The van der Waals surface area contributed by atoms with Gasteiger partial charge in [-0.05, 0) is 56.0 Å². The summed E-state index contributed by atoms with van der Waals surface area (Å²) in [5.74, 6) is -0.317. The van der Waals surface area contributed by atoms with Crippen LogP contribution >= 0.6 is 11.3 Å². The lowest BCUT2D eigenvalue weighted by molar-refractivity contribution is 0.102. The quantitative estimate of drug-likeness (QED) is 0.325. The highest BCUT2D eigenvalue weighted by molar-refractivity contribution is 7.09. The first kappa shape index (κ1) is 25.7. The first-order valence-corrected chi connectivity index (χ1v) is 13.4. The normalized spacial score (nSPS) is 16.4. The maximum atomic E-state index is 12.8. The molecule has 0 spiro atoms. The molecule has 1 aliphatic heterocycles. The zero-order chi connectivity index (χ0) is 25.3. The van der Waals surface area contributed by atoms with E-state index in [-0.39, 0.29) is 18.0 Å². The van der Waals surface area contributed by atoms with Crippen molar-refractivity contribution >= 4 is 34.6 Å². The number of hydrogen-bond acceptors (Lipinski definition) is 6. The number of pyridine rings is 1. The molecule has 2 aromatic heterocycles. The molecule has 0 aliphatic carbocycles. The van der Waals surface area contributed by atoms with Crippen molar-refractivity contribution in [2.24, 2.45) is 0 Å². The van der Waals surface area contributed by atoms with Crippen LogP contribution in [-0.4, -0.2) is 47.5 Å². The van der Waals surface area contributed by atoms with Gasteiger partial charge in [-0.15, -0.1) is 11.3 Å². The van der Waals surface area contributed by atoms with Crippen LogP contribution in [0.5, 0.6) is 0 Å². The molecule has 0 radical (unpaired) electrons. The zero-order valence-electron chi connectivity index (χ0n) is 20.6. The van der Waals surface area contributed by atoms with Crippen LogP contribution in [0.2, 0.25) is 0 Å². The molecule has 9 heteroatoms. The molecule has 4 rings (SSSR count). The number of carbonyl (C=O) groups is 2. The second kappa shape index (κ2) is 12.5. The minimum Gasteiger partial charge on any atom is -0.396 e. The number of aromatic nitrogens is 1. The zero-order valence-corrected chi connectivity index (χ0v) is 21.4. The molecule has 0 saturated carbocycles. The second-order valence-electron chi connectivity index (χ2n) is 9.02. The second-order valence-corrected chi connectivity index (χ2v) is 9.76. The van der Waals surface area contributed by atoms with E-state index in [2.05, 4.69) is 44.9 Å². The van der Waals surface area contributed by atoms with Crippen LogP contribution < -0.4 is 21.7 Å². The molecule has 1 aliphatic rings. The van der Waals surface area contributed by atoms with E-state index in [1.165, 1.54) is 16.9 Å². The summed E-state index contributed by atoms with van der Waals surface area (Å²) in [7, 11) is 0. The predicted octanol–water partition coefficient (Wildman–Crippen LogP) is 4.44. The van der Waals surface area contributed by atoms with Crippen LogP contribution in [0.15, 0.2) is 59.4 Å². The number of nitrogens with two attached hydrogens (primary N) is 1. The molecule has 2 unspecified atom stereocenters. The first-order chi connectivity index (χ1) is 17.5. The summed E-state index contributed by atoms with van der Waals surface area (Å²) in [6.07, 6.45) is 5.52. The topological polar surface area (TPSA) is 112 Å². The average Bonchev–Trinajstić information content (AvgIpc) is 3.52. The number of anilines is 2. The third kappa shape index (κ3) is 6.83.